The van der Waals surface area contributed by atoms with E-state index in [2.05, 4.69) is 29.6 Å². The Labute approximate surface area is 167 Å². The lowest BCUT2D eigenvalue weighted by Crippen LogP contribution is -2.30. The molecule has 1 N–H and O–H groups in total. The maximum atomic E-state index is 12.1. The smallest absolute Gasteiger partial charge is 0.306 e. The number of nitrogens with one attached hydrogen (secondary N) is 1. The van der Waals surface area contributed by atoms with Crippen molar-refractivity contribution in [2.75, 3.05) is 13.2 Å². The van der Waals surface area contributed by atoms with Gasteiger partial charge in [-0.05, 0) is 36.3 Å². The van der Waals surface area contributed by atoms with Crippen LogP contribution in [-0.2, 0) is 14.3 Å². The SMILES string of the molecule is O=C(COC(=O)CC1CCCC1)NCCC(c1ccccc1)c1ccccc1. The summed E-state index contributed by atoms with van der Waals surface area (Å²) in [6, 6.07) is 20.6. The Morgan fingerprint density at radius 3 is 2.07 bits per heavy atom. The Bertz CT molecular complexity index is 699. The summed E-state index contributed by atoms with van der Waals surface area (Å²) in [6.45, 7) is 0.348. The Kier molecular flexibility index (Phi) is 7.65. The van der Waals surface area contributed by atoms with Crippen molar-refractivity contribution < 1.29 is 14.3 Å². The lowest BCUT2D eigenvalue weighted by atomic mass is 9.88. The van der Waals surface area contributed by atoms with Crippen LogP contribution in [0.2, 0.25) is 0 Å². The number of hydrogen-bond donors (Lipinski definition) is 1. The third kappa shape index (κ3) is 6.22. The average Bonchev–Trinajstić information content (AvgIpc) is 3.24. The summed E-state index contributed by atoms with van der Waals surface area (Å²) in [5.41, 5.74) is 2.46. The molecule has 1 aliphatic rings. The molecule has 148 valence electrons. The summed E-state index contributed by atoms with van der Waals surface area (Å²) in [5.74, 6) is 0.161. The van der Waals surface area contributed by atoms with Crippen LogP contribution in [-0.4, -0.2) is 25.0 Å². The zero-order chi connectivity index (χ0) is 19.6. The van der Waals surface area contributed by atoms with Crippen LogP contribution in [0.1, 0.15) is 55.6 Å². The Morgan fingerprint density at radius 2 is 1.50 bits per heavy atom. The molecule has 0 atom stereocenters. The first kappa shape index (κ1) is 20.1. The van der Waals surface area contributed by atoms with E-state index in [-0.39, 0.29) is 24.4 Å². The number of hydrogen-bond acceptors (Lipinski definition) is 3. The van der Waals surface area contributed by atoms with Crippen LogP contribution < -0.4 is 5.32 Å². The second-order valence-corrected chi connectivity index (χ2v) is 7.53. The number of benzene rings is 2. The van der Waals surface area contributed by atoms with Gasteiger partial charge < -0.3 is 10.1 Å². The van der Waals surface area contributed by atoms with Gasteiger partial charge in [-0.25, -0.2) is 0 Å². The Hall–Kier alpha value is -2.62. The highest BCUT2D eigenvalue weighted by Crippen LogP contribution is 2.28. The van der Waals surface area contributed by atoms with Gasteiger partial charge in [-0.15, -0.1) is 0 Å². The highest BCUT2D eigenvalue weighted by molar-refractivity contribution is 5.80. The van der Waals surface area contributed by atoms with E-state index in [1.54, 1.807) is 0 Å². The predicted octanol–water partition coefficient (Wildman–Crippen LogP) is 4.45. The van der Waals surface area contributed by atoms with Crippen LogP contribution in [0, 0.1) is 5.92 Å². The first-order valence-corrected chi connectivity index (χ1v) is 10.2. The van der Waals surface area contributed by atoms with Gasteiger partial charge in [-0.1, -0.05) is 73.5 Å². The van der Waals surface area contributed by atoms with Crippen molar-refractivity contribution in [3.05, 3.63) is 71.8 Å². The van der Waals surface area contributed by atoms with Crippen molar-refractivity contribution in [2.24, 2.45) is 5.92 Å². The third-order valence-electron chi connectivity index (χ3n) is 5.45. The van der Waals surface area contributed by atoms with Crippen LogP contribution in [0.25, 0.3) is 0 Å². The topological polar surface area (TPSA) is 55.4 Å². The molecule has 0 heterocycles. The van der Waals surface area contributed by atoms with Crippen LogP contribution >= 0.6 is 0 Å². The fraction of sp³-hybridized carbons (Fsp3) is 0.417. The number of carbonyl (C=O) groups is 2. The van der Waals surface area contributed by atoms with Gasteiger partial charge in [0.25, 0.3) is 5.91 Å². The molecule has 1 fully saturated rings. The summed E-state index contributed by atoms with van der Waals surface area (Å²) in [5, 5.41) is 2.89. The van der Waals surface area contributed by atoms with Gasteiger partial charge >= 0.3 is 5.97 Å². The van der Waals surface area contributed by atoms with Crippen LogP contribution in [0.3, 0.4) is 0 Å². The number of amides is 1. The molecule has 0 aliphatic heterocycles. The van der Waals surface area contributed by atoms with E-state index in [1.165, 1.54) is 24.0 Å². The van der Waals surface area contributed by atoms with Crippen molar-refractivity contribution in [3.8, 4) is 0 Å². The van der Waals surface area contributed by atoms with Crippen LogP contribution in [0.5, 0.6) is 0 Å². The van der Waals surface area contributed by atoms with E-state index >= 15 is 0 Å². The summed E-state index contributed by atoms with van der Waals surface area (Å²) >= 11 is 0. The number of rotatable bonds is 9. The molecule has 0 saturated heterocycles. The van der Waals surface area contributed by atoms with Crippen molar-refractivity contribution in [2.45, 2.75) is 44.4 Å². The molecule has 4 nitrogen and oxygen atoms in total. The summed E-state index contributed by atoms with van der Waals surface area (Å²) < 4.78 is 5.14. The zero-order valence-corrected chi connectivity index (χ0v) is 16.3. The van der Waals surface area contributed by atoms with E-state index in [0.717, 1.165) is 19.3 Å². The maximum Gasteiger partial charge on any atom is 0.306 e. The molecule has 0 bridgehead atoms. The minimum absolute atomic E-state index is 0.188. The molecule has 1 aliphatic carbocycles. The van der Waals surface area contributed by atoms with Crippen molar-refractivity contribution >= 4 is 11.9 Å². The fourth-order valence-electron chi connectivity index (χ4n) is 3.96. The molecule has 28 heavy (non-hydrogen) atoms. The zero-order valence-electron chi connectivity index (χ0n) is 16.3. The minimum Gasteiger partial charge on any atom is -0.456 e. The van der Waals surface area contributed by atoms with E-state index in [9.17, 15) is 9.59 Å². The molecule has 2 aromatic rings. The van der Waals surface area contributed by atoms with Gasteiger partial charge in [0.2, 0.25) is 0 Å². The molecule has 0 spiro atoms. The monoisotopic (exact) mass is 379 g/mol. The Balaban J connectivity index is 1.44. The normalized spacial score (nSPS) is 14.2. The van der Waals surface area contributed by atoms with Crippen molar-refractivity contribution in [3.63, 3.8) is 0 Å². The standard InChI is InChI=1S/C24H29NO3/c26-23(18-28-24(27)17-19-9-7-8-10-19)25-16-15-22(20-11-3-1-4-12-20)21-13-5-2-6-14-21/h1-6,11-14,19,22H,7-10,15-18H2,(H,25,26). The molecule has 1 amide bonds. The van der Waals surface area contributed by atoms with Gasteiger partial charge in [-0.3, -0.25) is 9.59 Å². The summed E-state index contributed by atoms with van der Waals surface area (Å²) in [7, 11) is 0. The molecule has 1 saturated carbocycles. The largest absolute Gasteiger partial charge is 0.456 e. The molecular formula is C24H29NO3. The molecule has 0 radical (unpaired) electrons. The molecule has 0 aromatic heterocycles. The first-order valence-electron chi connectivity index (χ1n) is 10.2. The predicted molar refractivity (Wildman–Crippen MR) is 110 cm³/mol. The molecule has 3 rings (SSSR count). The van der Waals surface area contributed by atoms with Crippen molar-refractivity contribution in [1.82, 2.24) is 5.32 Å². The number of carbonyl (C=O) groups excluding carboxylic acids is 2. The summed E-state index contributed by atoms with van der Waals surface area (Å²) in [6.07, 6.45) is 5.82. The quantitative estimate of drug-likeness (QED) is 0.655. The first-order chi connectivity index (χ1) is 13.7. The minimum atomic E-state index is -0.256. The highest BCUT2D eigenvalue weighted by Gasteiger charge is 2.20. The van der Waals surface area contributed by atoms with Gasteiger partial charge in [0.15, 0.2) is 6.61 Å². The molecular weight excluding hydrogens is 350 g/mol. The van der Waals surface area contributed by atoms with Crippen LogP contribution in [0.4, 0.5) is 0 Å². The van der Waals surface area contributed by atoms with E-state index in [4.69, 9.17) is 4.74 Å². The van der Waals surface area contributed by atoms with Gasteiger partial charge in [0.05, 0.1) is 0 Å². The Morgan fingerprint density at radius 1 is 0.929 bits per heavy atom. The molecule has 0 unspecified atom stereocenters. The molecule has 2 aromatic carbocycles. The van der Waals surface area contributed by atoms with Crippen LogP contribution in [0.15, 0.2) is 60.7 Å². The second-order valence-electron chi connectivity index (χ2n) is 7.53. The number of esters is 1. The highest BCUT2D eigenvalue weighted by atomic mass is 16.5. The third-order valence-corrected chi connectivity index (χ3v) is 5.45. The van der Waals surface area contributed by atoms with Gasteiger partial charge in [0.1, 0.15) is 0 Å². The molecule has 4 heteroatoms. The van der Waals surface area contributed by atoms with Crippen molar-refractivity contribution in [1.29, 1.82) is 0 Å². The second kappa shape index (κ2) is 10.6. The fourth-order valence-corrected chi connectivity index (χ4v) is 3.96. The van der Waals surface area contributed by atoms with E-state index in [0.29, 0.717) is 18.9 Å². The summed E-state index contributed by atoms with van der Waals surface area (Å²) in [4.78, 5) is 23.9. The number of ether oxygens (including phenoxy) is 1. The lowest BCUT2D eigenvalue weighted by Gasteiger charge is -2.18. The lowest BCUT2D eigenvalue weighted by molar-refractivity contribution is -0.149. The van der Waals surface area contributed by atoms with E-state index in [1.807, 2.05) is 36.4 Å². The average molecular weight is 380 g/mol. The maximum absolute atomic E-state index is 12.1. The van der Waals surface area contributed by atoms with Gasteiger partial charge in [0, 0.05) is 18.9 Å². The van der Waals surface area contributed by atoms with Gasteiger partial charge in [-0.2, -0.15) is 0 Å². The van der Waals surface area contributed by atoms with E-state index < -0.39 is 0 Å².